The quantitative estimate of drug-likeness (QED) is 0.516. The molecule has 2 atom stereocenters. The van der Waals surface area contributed by atoms with Crippen LogP contribution in [0.15, 0.2) is 18.2 Å². The van der Waals surface area contributed by atoms with E-state index in [0.29, 0.717) is 18.2 Å². The topological polar surface area (TPSA) is 86.2 Å². The number of hydrogen-bond acceptors (Lipinski definition) is 4. The largest absolute Gasteiger partial charge is 0.391 e. The van der Waals surface area contributed by atoms with E-state index in [4.69, 9.17) is 11.1 Å². The van der Waals surface area contributed by atoms with E-state index in [0.717, 1.165) is 18.8 Å². The number of anilines is 1. The summed E-state index contributed by atoms with van der Waals surface area (Å²) in [5.74, 6) is 1.09. The number of pyridine rings is 1. The summed E-state index contributed by atoms with van der Waals surface area (Å²) < 4.78 is 0. The lowest BCUT2D eigenvalue weighted by Crippen LogP contribution is -2.43. The van der Waals surface area contributed by atoms with E-state index < -0.39 is 0 Å². The van der Waals surface area contributed by atoms with Gasteiger partial charge < -0.3 is 15.7 Å². The molecular formula is C12H18N4O. The minimum Gasteiger partial charge on any atom is -0.391 e. The Bertz CT molecular complexity index is 421. The molecular weight excluding hydrogens is 216 g/mol. The first-order chi connectivity index (χ1) is 8.08. The second kappa shape index (κ2) is 4.71. The van der Waals surface area contributed by atoms with Gasteiger partial charge in [-0.2, -0.15) is 0 Å². The molecule has 0 amide bonds. The molecule has 5 heteroatoms. The predicted molar refractivity (Wildman–Crippen MR) is 67.3 cm³/mol. The molecule has 0 spiro atoms. The van der Waals surface area contributed by atoms with E-state index in [1.54, 1.807) is 6.07 Å². The van der Waals surface area contributed by atoms with Crippen molar-refractivity contribution in [2.24, 2.45) is 11.7 Å². The Morgan fingerprint density at radius 1 is 1.59 bits per heavy atom. The standard InChI is InChI=1S/C12H18N4O/c1-8-5-6-16(7-10(8)17)11-4-2-3-9(15-11)12(13)14/h2-4,8,10,17H,5-7H2,1H3,(H3,13,14). The first-order valence-corrected chi connectivity index (χ1v) is 5.82. The van der Waals surface area contributed by atoms with Crippen LogP contribution in [-0.4, -0.2) is 35.1 Å². The number of nitrogen functional groups attached to an aromatic ring is 1. The van der Waals surface area contributed by atoms with Crippen molar-refractivity contribution in [3.63, 3.8) is 0 Å². The number of aromatic nitrogens is 1. The zero-order chi connectivity index (χ0) is 12.4. The number of amidine groups is 1. The van der Waals surface area contributed by atoms with Crippen LogP contribution in [0.1, 0.15) is 19.0 Å². The minimum atomic E-state index is -0.313. The first-order valence-electron chi connectivity index (χ1n) is 5.82. The van der Waals surface area contributed by atoms with Crippen molar-refractivity contribution < 1.29 is 5.11 Å². The maximum Gasteiger partial charge on any atom is 0.141 e. The Hall–Kier alpha value is -1.62. The molecule has 0 saturated carbocycles. The van der Waals surface area contributed by atoms with Gasteiger partial charge in [-0.15, -0.1) is 0 Å². The molecule has 5 nitrogen and oxygen atoms in total. The van der Waals surface area contributed by atoms with Gasteiger partial charge in [-0.1, -0.05) is 13.0 Å². The normalized spacial score (nSPS) is 24.7. The van der Waals surface area contributed by atoms with Crippen LogP contribution < -0.4 is 10.6 Å². The van der Waals surface area contributed by atoms with Gasteiger partial charge in [-0.25, -0.2) is 4.98 Å². The van der Waals surface area contributed by atoms with Crippen LogP contribution in [0.3, 0.4) is 0 Å². The third kappa shape index (κ3) is 2.55. The molecule has 92 valence electrons. The molecule has 0 aliphatic carbocycles. The highest BCUT2D eigenvalue weighted by molar-refractivity contribution is 5.93. The van der Waals surface area contributed by atoms with Gasteiger partial charge in [0.05, 0.1) is 6.10 Å². The number of aliphatic hydroxyl groups is 1. The predicted octanol–water partition coefficient (Wildman–Crippen LogP) is 0.573. The number of hydrogen-bond donors (Lipinski definition) is 3. The average Bonchev–Trinajstić information content (AvgIpc) is 2.33. The zero-order valence-corrected chi connectivity index (χ0v) is 9.93. The van der Waals surface area contributed by atoms with Crippen LogP contribution in [0.5, 0.6) is 0 Å². The van der Waals surface area contributed by atoms with E-state index in [1.165, 1.54) is 0 Å². The van der Waals surface area contributed by atoms with Crippen LogP contribution in [0.2, 0.25) is 0 Å². The molecule has 0 radical (unpaired) electrons. The summed E-state index contributed by atoms with van der Waals surface area (Å²) in [7, 11) is 0. The van der Waals surface area contributed by atoms with Gasteiger partial charge in [0, 0.05) is 13.1 Å². The molecule has 1 fully saturated rings. The lowest BCUT2D eigenvalue weighted by molar-refractivity contribution is 0.102. The van der Waals surface area contributed by atoms with Crippen molar-refractivity contribution in [1.82, 2.24) is 4.98 Å². The van der Waals surface area contributed by atoms with Crippen molar-refractivity contribution in [2.75, 3.05) is 18.0 Å². The lowest BCUT2D eigenvalue weighted by Gasteiger charge is -2.35. The Kier molecular flexibility index (Phi) is 3.28. The average molecular weight is 234 g/mol. The Morgan fingerprint density at radius 3 is 3.00 bits per heavy atom. The number of nitrogens with one attached hydrogen (secondary N) is 1. The number of rotatable bonds is 2. The van der Waals surface area contributed by atoms with Crippen molar-refractivity contribution in [3.8, 4) is 0 Å². The number of piperidine rings is 1. The van der Waals surface area contributed by atoms with Crippen molar-refractivity contribution in [1.29, 1.82) is 5.41 Å². The van der Waals surface area contributed by atoms with Gasteiger partial charge in [0.2, 0.25) is 0 Å². The van der Waals surface area contributed by atoms with E-state index >= 15 is 0 Å². The van der Waals surface area contributed by atoms with Crippen LogP contribution >= 0.6 is 0 Å². The van der Waals surface area contributed by atoms with Crippen LogP contribution in [0.4, 0.5) is 5.82 Å². The molecule has 1 aromatic rings. The zero-order valence-electron chi connectivity index (χ0n) is 9.93. The number of aliphatic hydroxyl groups excluding tert-OH is 1. The highest BCUT2D eigenvalue weighted by Crippen LogP contribution is 2.21. The monoisotopic (exact) mass is 234 g/mol. The lowest BCUT2D eigenvalue weighted by atomic mass is 9.96. The molecule has 1 saturated heterocycles. The highest BCUT2D eigenvalue weighted by Gasteiger charge is 2.25. The molecule has 2 heterocycles. The maximum absolute atomic E-state index is 9.85. The van der Waals surface area contributed by atoms with E-state index in [-0.39, 0.29) is 11.9 Å². The number of nitrogens with zero attached hydrogens (tertiary/aromatic N) is 2. The van der Waals surface area contributed by atoms with Crippen molar-refractivity contribution >= 4 is 11.7 Å². The molecule has 1 aliphatic rings. The maximum atomic E-state index is 9.85. The molecule has 2 rings (SSSR count). The van der Waals surface area contributed by atoms with Gasteiger partial charge in [-0.05, 0) is 24.5 Å². The highest BCUT2D eigenvalue weighted by atomic mass is 16.3. The molecule has 1 aromatic heterocycles. The Balaban J connectivity index is 2.17. The van der Waals surface area contributed by atoms with Gasteiger partial charge in [0.25, 0.3) is 0 Å². The van der Waals surface area contributed by atoms with Gasteiger partial charge in [-0.3, -0.25) is 5.41 Å². The van der Waals surface area contributed by atoms with Gasteiger partial charge in [0.15, 0.2) is 0 Å². The molecule has 17 heavy (non-hydrogen) atoms. The fraction of sp³-hybridized carbons (Fsp3) is 0.500. The summed E-state index contributed by atoms with van der Waals surface area (Å²) in [6, 6.07) is 5.44. The van der Waals surface area contributed by atoms with Crippen LogP contribution in [0, 0.1) is 11.3 Å². The second-order valence-corrected chi connectivity index (χ2v) is 4.57. The Labute approximate surface area is 101 Å². The van der Waals surface area contributed by atoms with Gasteiger partial charge >= 0.3 is 0 Å². The third-order valence-electron chi connectivity index (χ3n) is 3.25. The van der Waals surface area contributed by atoms with E-state index in [1.807, 2.05) is 17.0 Å². The van der Waals surface area contributed by atoms with Gasteiger partial charge in [0.1, 0.15) is 17.3 Å². The molecule has 4 N–H and O–H groups in total. The fourth-order valence-electron chi connectivity index (χ4n) is 2.01. The second-order valence-electron chi connectivity index (χ2n) is 4.57. The van der Waals surface area contributed by atoms with E-state index in [2.05, 4.69) is 11.9 Å². The smallest absolute Gasteiger partial charge is 0.141 e. The minimum absolute atomic E-state index is 0.0298. The van der Waals surface area contributed by atoms with Crippen LogP contribution in [-0.2, 0) is 0 Å². The molecule has 0 aromatic carbocycles. The number of nitrogens with two attached hydrogens (primary N) is 1. The summed E-state index contributed by atoms with van der Waals surface area (Å²) in [6.07, 6.45) is 0.638. The summed E-state index contributed by atoms with van der Waals surface area (Å²) in [4.78, 5) is 6.36. The van der Waals surface area contributed by atoms with Crippen LogP contribution in [0.25, 0.3) is 0 Å². The van der Waals surface area contributed by atoms with E-state index in [9.17, 15) is 5.11 Å². The SMILES string of the molecule is CC1CCN(c2cccc(C(=N)N)n2)CC1O. The van der Waals surface area contributed by atoms with Crippen molar-refractivity contribution in [3.05, 3.63) is 23.9 Å². The summed E-state index contributed by atoms with van der Waals surface area (Å²) in [5, 5.41) is 17.2. The number of β-amino-alcohol motifs (C(OH)–C–C–N with tert-alkyl or cyclic N) is 1. The van der Waals surface area contributed by atoms with Crippen molar-refractivity contribution in [2.45, 2.75) is 19.4 Å². The summed E-state index contributed by atoms with van der Waals surface area (Å²) in [5.41, 5.74) is 5.90. The molecule has 1 aliphatic heterocycles. The fourth-order valence-corrected chi connectivity index (χ4v) is 2.01. The summed E-state index contributed by atoms with van der Waals surface area (Å²) in [6.45, 7) is 3.53. The first kappa shape index (κ1) is 11.9. The summed E-state index contributed by atoms with van der Waals surface area (Å²) >= 11 is 0. The molecule has 2 unspecified atom stereocenters. The Morgan fingerprint density at radius 2 is 2.35 bits per heavy atom. The molecule has 0 bridgehead atoms. The third-order valence-corrected chi connectivity index (χ3v) is 3.25.